The summed E-state index contributed by atoms with van der Waals surface area (Å²) < 4.78 is 5.66. The van der Waals surface area contributed by atoms with E-state index in [0.29, 0.717) is 18.0 Å². The Hall–Kier alpha value is -4.53. The number of hydrogen-bond acceptors (Lipinski definition) is 6. The number of carbonyl (C=O) groups is 3. The lowest BCUT2D eigenvalue weighted by Gasteiger charge is -2.25. The van der Waals surface area contributed by atoms with E-state index < -0.39 is 17.7 Å². The van der Waals surface area contributed by atoms with E-state index in [9.17, 15) is 14.4 Å². The van der Waals surface area contributed by atoms with Gasteiger partial charge in [-0.15, -0.1) is 10.2 Å². The smallest absolute Gasteiger partial charge is 0.286 e. The molecule has 0 saturated heterocycles. The van der Waals surface area contributed by atoms with Crippen LogP contribution < -0.4 is 5.32 Å². The molecule has 2 aromatic heterocycles. The van der Waals surface area contributed by atoms with Crippen molar-refractivity contribution in [1.29, 1.82) is 0 Å². The number of hydrogen-bond donors (Lipinski definition) is 2. The van der Waals surface area contributed by atoms with Gasteiger partial charge in [0.25, 0.3) is 11.8 Å². The molecule has 0 aliphatic heterocycles. The van der Waals surface area contributed by atoms with Gasteiger partial charge in [0.1, 0.15) is 12.2 Å². The van der Waals surface area contributed by atoms with Crippen LogP contribution in [-0.4, -0.2) is 50.3 Å². The summed E-state index contributed by atoms with van der Waals surface area (Å²) >= 11 is 0. The van der Waals surface area contributed by atoms with E-state index in [4.69, 9.17) is 4.42 Å². The minimum absolute atomic E-state index is 0.157. The Morgan fingerprint density at radius 2 is 1.74 bits per heavy atom. The molecular formula is C29H31N5O4. The zero-order valence-corrected chi connectivity index (χ0v) is 21.7. The van der Waals surface area contributed by atoms with Crippen molar-refractivity contribution in [3.63, 3.8) is 0 Å². The molecule has 4 rings (SSSR count). The monoisotopic (exact) mass is 513 g/mol. The van der Waals surface area contributed by atoms with Gasteiger partial charge >= 0.3 is 0 Å². The summed E-state index contributed by atoms with van der Waals surface area (Å²) in [7, 11) is 0. The number of Topliss-reactive ketones (excluding diaryl/α,β-unsaturated/α-hetero) is 1. The molecule has 2 heterocycles. The molecule has 0 saturated carbocycles. The number of benzene rings is 2. The van der Waals surface area contributed by atoms with E-state index in [2.05, 4.69) is 20.5 Å². The number of H-pyrrole nitrogens is 1. The number of ketones is 1. The van der Waals surface area contributed by atoms with Crippen LogP contribution in [0.15, 0.2) is 77.3 Å². The summed E-state index contributed by atoms with van der Waals surface area (Å²) in [5.41, 5.74) is 3.35. The second kappa shape index (κ2) is 12.1. The van der Waals surface area contributed by atoms with Crippen LogP contribution in [0.3, 0.4) is 0 Å². The fraction of sp³-hybridized carbons (Fsp3) is 0.276. The highest BCUT2D eigenvalue weighted by molar-refractivity contribution is 5.99. The largest absolute Gasteiger partial charge is 0.418 e. The van der Waals surface area contributed by atoms with Gasteiger partial charge in [0, 0.05) is 12.7 Å². The minimum Gasteiger partial charge on any atom is -0.418 e. The van der Waals surface area contributed by atoms with E-state index in [1.165, 1.54) is 4.90 Å². The number of rotatable bonds is 11. The van der Waals surface area contributed by atoms with Crippen molar-refractivity contribution in [2.24, 2.45) is 5.92 Å². The molecule has 9 nitrogen and oxygen atoms in total. The molecule has 9 heteroatoms. The number of carbonyl (C=O) groups excluding carboxylic acids is 3. The normalized spacial score (nSPS) is 11.8. The molecule has 0 radical (unpaired) electrons. The van der Waals surface area contributed by atoms with Crippen molar-refractivity contribution in [3.05, 3.63) is 107 Å². The van der Waals surface area contributed by atoms with Crippen molar-refractivity contribution in [1.82, 2.24) is 25.4 Å². The van der Waals surface area contributed by atoms with Gasteiger partial charge in [-0.25, -0.2) is 0 Å². The molecule has 1 unspecified atom stereocenters. The summed E-state index contributed by atoms with van der Waals surface area (Å²) in [5, 5.41) is 10.7. The Labute approximate surface area is 221 Å². The number of nitrogens with zero attached hydrogens (tertiary/aromatic N) is 3. The fourth-order valence-electron chi connectivity index (χ4n) is 4.12. The van der Waals surface area contributed by atoms with E-state index in [1.807, 2.05) is 75.4 Å². The van der Waals surface area contributed by atoms with Crippen molar-refractivity contribution in [2.75, 3.05) is 6.54 Å². The zero-order valence-electron chi connectivity index (χ0n) is 21.7. The second-order valence-corrected chi connectivity index (χ2v) is 9.55. The highest BCUT2D eigenvalue weighted by Crippen LogP contribution is 2.15. The maximum atomic E-state index is 13.2. The minimum atomic E-state index is -0.895. The molecular weight excluding hydrogens is 482 g/mol. The van der Waals surface area contributed by atoms with Crippen LogP contribution in [0.1, 0.15) is 57.6 Å². The molecule has 0 spiro atoms. The molecule has 2 N–H and O–H groups in total. The molecule has 0 fully saturated rings. The number of amides is 2. The van der Waals surface area contributed by atoms with E-state index in [-0.39, 0.29) is 30.8 Å². The van der Waals surface area contributed by atoms with Crippen molar-refractivity contribution in [3.8, 4) is 0 Å². The molecule has 1 atom stereocenters. The first-order valence-electron chi connectivity index (χ1n) is 12.5. The maximum Gasteiger partial charge on any atom is 0.286 e. The third-order valence-electron chi connectivity index (χ3n) is 6.05. The second-order valence-electron chi connectivity index (χ2n) is 9.55. The van der Waals surface area contributed by atoms with E-state index in [1.54, 1.807) is 18.3 Å². The van der Waals surface area contributed by atoms with Gasteiger partial charge in [0.15, 0.2) is 0 Å². The summed E-state index contributed by atoms with van der Waals surface area (Å²) in [6.07, 6.45) is 2.05. The predicted molar refractivity (Wildman–Crippen MR) is 141 cm³/mol. The summed E-state index contributed by atoms with van der Waals surface area (Å²) in [6.45, 7) is 5.64. The van der Waals surface area contributed by atoms with Crippen LogP contribution in [0.4, 0.5) is 0 Å². The van der Waals surface area contributed by atoms with Gasteiger partial charge in [-0.1, -0.05) is 74.0 Å². The van der Waals surface area contributed by atoms with Gasteiger partial charge in [0.05, 0.1) is 12.5 Å². The predicted octanol–water partition coefficient (Wildman–Crippen LogP) is 3.96. The molecule has 4 aromatic rings. The van der Waals surface area contributed by atoms with Gasteiger partial charge in [-0.2, -0.15) is 0 Å². The molecule has 38 heavy (non-hydrogen) atoms. The molecule has 2 amide bonds. The van der Waals surface area contributed by atoms with Crippen LogP contribution >= 0.6 is 0 Å². The standard InChI is InChI=1S/C29H31N5O4/c1-19(2)26(27(36)28-33-32-25(38-28)16-22-12-7-9-20(3)15-22)31-24(35)18-34(17-21-10-5-4-6-11-21)29(37)23-13-8-14-30-23/h4-15,19,26,30H,16-18H2,1-3H3,(H,31,35). The molecule has 0 aliphatic carbocycles. The topological polar surface area (TPSA) is 121 Å². The highest BCUT2D eigenvalue weighted by Gasteiger charge is 2.30. The van der Waals surface area contributed by atoms with Crippen molar-refractivity contribution >= 4 is 17.6 Å². The zero-order chi connectivity index (χ0) is 27.1. The highest BCUT2D eigenvalue weighted by atomic mass is 16.4. The Kier molecular flexibility index (Phi) is 8.47. The number of nitrogens with one attached hydrogen (secondary N) is 2. The summed E-state index contributed by atoms with van der Waals surface area (Å²) in [5.74, 6) is -1.35. The first kappa shape index (κ1) is 26.5. The average Bonchev–Trinajstić information content (AvgIpc) is 3.59. The molecule has 0 aliphatic rings. The lowest BCUT2D eigenvalue weighted by atomic mass is 9.99. The molecule has 0 bridgehead atoms. The van der Waals surface area contributed by atoms with E-state index >= 15 is 0 Å². The average molecular weight is 514 g/mol. The Morgan fingerprint density at radius 3 is 2.42 bits per heavy atom. The van der Waals surface area contributed by atoms with Gasteiger partial charge < -0.3 is 19.6 Å². The quantitative estimate of drug-likeness (QED) is 0.293. The van der Waals surface area contributed by atoms with Crippen LogP contribution in [-0.2, 0) is 17.8 Å². The molecule has 196 valence electrons. The Bertz CT molecular complexity index is 1380. The third kappa shape index (κ3) is 6.82. The third-order valence-corrected chi connectivity index (χ3v) is 6.05. The van der Waals surface area contributed by atoms with Gasteiger partial charge in [-0.3, -0.25) is 14.4 Å². The number of aromatic amines is 1. The fourth-order valence-corrected chi connectivity index (χ4v) is 4.12. The molecule has 2 aromatic carbocycles. The SMILES string of the molecule is Cc1cccc(Cc2nnc(C(=O)C(NC(=O)CN(Cc3ccccc3)C(=O)c3ccc[nH]3)C(C)C)o2)c1. The first-order valence-corrected chi connectivity index (χ1v) is 12.5. The Balaban J connectivity index is 1.45. The number of aryl methyl sites for hydroxylation is 1. The van der Waals surface area contributed by atoms with Gasteiger partial charge in [-0.05, 0) is 36.1 Å². The van der Waals surface area contributed by atoms with E-state index in [0.717, 1.165) is 16.7 Å². The summed E-state index contributed by atoms with van der Waals surface area (Å²) in [4.78, 5) is 43.8. The Morgan fingerprint density at radius 1 is 0.974 bits per heavy atom. The van der Waals surface area contributed by atoms with Crippen LogP contribution in [0, 0.1) is 12.8 Å². The van der Waals surface area contributed by atoms with Crippen molar-refractivity contribution < 1.29 is 18.8 Å². The van der Waals surface area contributed by atoms with Crippen LogP contribution in [0.25, 0.3) is 0 Å². The van der Waals surface area contributed by atoms with Crippen LogP contribution in [0.5, 0.6) is 0 Å². The van der Waals surface area contributed by atoms with Crippen LogP contribution in [0.2, 0.25) is 0 Å². The van der Waals surface area contributed by atoms with Crippen molar-refractivity contribution in [2.45, 2.75) is 39.8 Å². The lowest BCUT2D eigenvalue weighted by Crippen LogP contribution is -2.49. The summed E-state index contributed by atoms with van der Waals surface area (Å²) in [6, 6.07) is 19.8. The maximum absolute atomic E-state index is 13.2. The van der Waals surface area contributed by atoms with Gasteiger partial charge in [0.2, 0.25) is 17.6 Å². The lowest BCUT2D eigenvalue weighted by molar-refractivity contribution is -0.122. The number of aromatic nitrogens is 3. The first-order chi connectivity index (χ1) is 18.3.